The number of H-pyrrole nitrogens is 1. The number of rotatable bonds is 5. The van der Waals surface area contributed by atoms with E-state index < -0.39 is 32.5 Å². The molecule has 11 heteroatoms. The number of nitrogens with one attached hydrogen (secondary N) is 2. The molecule has 0 unspecified atom stereocenters. The van der Waals surface area contributed by atoms with Gasteiger partial charge < -0.3 is 6.16 Å². The second-order valence-corrected chi connectivity index (χ2v) is 11.3. The zero-order valence-electron chi connectivity index (χ0n) is 22.5. The maximum absolute atomic E-state index is 16.2. The Balaban J connectivity index is 0.00000253. The molecule has 3 aromatic carbocycles. The van der Waals surface area contributed by atoms with Crippen molar-refractivity contribution in [2.75, 3.05) is 18.1 Å². The van der Waals surface area contributed by atoms with Gasteiger partial charge in [-0.2, -0.15) is 0 Å². The summed E-state index contributed by atoms with van der Waals surface area (Å²) >= 11 is 0. The number of ether oxygens (including phenoxy) is 1. The molecular formula is C26H27FN3NaO5S. The minimum Gasteiger partial charge on any atom is -1.00 e. The molecule has 8 nitrogen and oxygen atoms in total. The number of benzene rings is 3. The van der Waals surface area contributed by atoms with Crippen LogP contribution >= 0.6 is 0 Å². The molecule has 0 atom stereocenters. The minimum absolute atomic E-state index is 0. The average molecular weight is 536 g/mol. The molecule has 190 valence electrons. The van der Waals surface area contributed by atoms with Gasteiger partial charge in [0, 0.05) is 23.5 Å². The smallest absolute Gasteiger partial charge is 1.00 e. The van der Waals surface area contributed by atoms with Crippen LogP contribution in [0, 0.1) is 5.82 Å². The third-order valence-electron chi connectivity index (χ3n) is 5.72. The van der Waals surface area contributed by atoms with Crippen LogP contribution < -0.4 is 50.3 Å². The van der Waals surface area contributed by atoms with Crippen LogP contribution in [-0.2, 0) is 15.4 Å². The molecule has 4 aromatic rings. The molecule has 0 saturated heterocycles. The SMILES string of the molecule is COc1c(C(C)(C)C)cc(-n2ccc(=O)[nH]c2=O)c(F)c1-c1ccc2cc(NS(C)(=O)=O)ccc2c1.[H-].[Na+]. The number of hydrogen-bond acceptors (Lipinski definition) is 5. The number of fused-ring (bicyclic) bond motifs is 1. The second kappa shape index (κ2) is 10.4. The van der Waals surface area contributed by atoms with E-state index in [2.05, 4.69) is 9.71 Å². The summed E-state index contributed by atoms with van der Waals surface area (Å²) in [6, 6.07) is 13.0. The summed E-state index contributed by atoms with van der Waals surface area (Å²) < 4.78 is 48.5. The van der Waals surface area contributed by atoms with Gasteiger partial charge in [-0.25, -0.2) is 17.6 Å². The van der Waals surface area contributed by atoms with Crippen molar-refractivity contribution in [1.29, 1.82) is 0 Å². The third-order valence-corrected chi connectivity index (χ3v) is 6.33. The second-order valence-electron chi connectivity index (χ2n) is 9.55. The normalized spacial score (nSPS) is 11.7. The van der Waals surface area contributed by atoms with Gasteiger partial charge in [-0.15, -0.1) is 0 Å². The summed E-state index contributed by atoms with van der Waals surface area (Å²) in [4.78, 5) is 26.3. The van der Waals surface area contributed by atoms with Gasteiger partial charge in [-0.05, 0) is 46.0 Å². The van der Waals surface area contributed by atoms with Crippen molar-refractivity contribution in [3.05, 3.63) is 86.9 Å². The first-order chi connectivity index (χ1) is 16.8. The van der Waals surface area contributed by atoms with Crippen molar-refractivity contribution < 1.29 is 48.5 Å². The molecule has 1 heterocycles. The van der Waals surface area contributed by atoms with Gasteiger partial charge in [0.15, 0.2) is 5.82 Å². The van der Waals surface area contributed by atoms with Gasteiger partial charge in [0.2, 0.25) is 10.0 Å². The van der Waals surface area contributed by atoms with Gasteiger partial charge in [0.05, 0.1) is 24.6 Å². The molecule has 0 saturated carbocycles. The van der Waals surface area contributed by atoms with Crippen molar-refractivity contribution in [3.8, 4) is 22.6 Å². The number of methoxy groups -OCH3 is 1. The van der Waals surface area contributed by atoms with Crippen molar-refractivity contribution in [3.63, 3.8) is 0 Å². The number of halogens is 1. The van der Waals surface area contributed by atoms with E-state index in [0.29, 0.717) is 22.6 Å². The Bertz CT molecular complexity index is 1730. The number of sulfonamides is 1. The van der Waals surface area contributed by atoms with Crippen LogP contribution in [0.3, 0.4) is 0 Å². The molecule has 0 aliphatic heterocycles. The number of hydrogen-bond donors (Lipinski definition) is 2. The standard InChI is InChI=1S/C26H26FN3O5S.Na.H/c1-26(2,3)19-14-20(30-11-10-21(31)28-25(30)32)23(27)22(24(19)35-4)17-7-6-16-13-18(29-36(5,33)34)9-8-15(16)12-17;;/h6-14,29H,1-5H3,(H,28,31,32);;/q;+1;-1. The molecule has 0 spiro atoms. The fourth-order valence-corrected chi connectivity index (χ4v) is 4.67. The quantitative estimate of drug-likeness (QED) is 0.374. The fraction of sp³-hybridized carbons (Fsp3) is 0.231. The van der Waals surface area contributed by atoms with E-state index in [4.69, 9.17) is 4.74 Å². The van der Waals surface area contributed by atoms with E-state index >= 15 is 4.39 Å². The Morgan fingerprint density at radius 1 is 1.03 bits per heavy atom. The Labute approximate surface area is 237 Å². The largest absolute Gasteiger partial charge is 1.00 e. The zero-order chi connectivity index (χ0) is 26.4. The van der Waals surface area contributed by atoms with Gasteiger partial charge in [-0.1, -0.05) is 39.0 Å². The van der Waals surface area contributed by atoms with Crippen LogP contribution in [0.25, 0.3) is 27.6 Å². The van der Waals surface area contributed by atoms with Crippen LogP contribution in [0.4, 0.5) is 10.1 Å². The van der Waals surface area contributed by atoms with Crippen LogP contribution in [0.1, 0.15) is 27.8 Å². The summed E-state index contributed by atoms with van der Waals surface area (Å²) in [5.41, 5.74) is -0.0912. The van der Waals surface area contributed by atoms with Crippen LogP contribution in [-0.4, -0.2) is 31.3 Å². The molecule has 0 radical (unpaired) electrons. The number of nitrogens with zero attached hydrogens (tertiary/aromatic N) is 1. The Hall–Kier alpha value is -2.92. The van der Waals surface area contributed by atoms with Crippen LogP contribution in [0.2, 0.25) is 0 Å². The molecule has 0 fully saturated rings. The molecule has 0 aliphatic rings. The van der Waals surface area contributed by atoms with E-state index in [-0.39, 0.29) is 42.2 Å². The molecule has 2 N–H and O–H groups in total. The zero-order valence-corrected chi connectivity index (χ0v) is 24.3. The maximum atomic E-state index is 16.2. The molecule has 0 bridgehead atoms. The Morgan fingerprint density at radius 3 is 2.27 bits per heavy atom. The molecule has 0 amide bonds. The average Bonchev–Trinajstić information content (AvgIpc) is 2.77. The first-order valence-electron chi connectivity index (χ1n) is 11.0. The molecule has 1 aromatic heterocycles. The predicted molar refractivity (Wildman–Crippen MR) is 140 cm³/mol. The molecule has 4 rings (SSSR count). The van der Waals surface area contributed by atoms with Gasteiger partial charge in [0.1, 0.15) is 5.75 Å². The van der Waals surface area contributed by atoms with Crippen molar-refractivity contribution in [1.82, 2.24) is 9.55 Å². The van der Waals surface area contributed by atoms with Crippen molar-refractivity contribution >= 4 is 26.5 Å². The van der Waals surface area contributed by atoms with Gasteiger partial charge in [-0.3, -0.25) is 19.1 Å². The van der Waals surface area contributed by atoms with E-state index in [1.165, 1.54) is 13.3 Å². The Kier molecular flexibility index (Phi) is 8.09. The van der Waals surface area contributed by atoms with Gasteiger partial charge >= 0.3 is 35.2 Å². The van der Waals surface area contributed by atoms with Gasteiger partial charge in [0.25, 0.3) is 5.56 Å². The maximum Gasteiger partial charge on any atom is 1.00 e. The topological polar surface area (TPSA) is 110 Å². The summed E-state index contributed by atoms with van der Waals surface area (Å²) in [5.74, 6) is -0.361. The van der Waals surface area contributed by atoms with Crippen molar-refractivity contribution in [2.24, 2.45) is 0 Å². The fourth-order valence-electron chi connectivity index (χ4n) is 4.12. The Morgan fingerprint density at radius 2 is 1.68 bits per heavy atom. The van der Waals surface area contributed by atoms with Crippen molar-refractivity contribution in [2.45, 2.75) is 26.2 Å². The van der Waals surface area contributed by atoms with E-state index in [1.807, 2.05) is 20.8 Å². The van der Waals surface area contributed by atoms with Crippen LogP contribution in [0.15, 0.2) is 64.3 Å². The minimum atomic E-state index is -3.43. The summed E-state index contributed by atoms with van der Waals surface area (Å²) in [6.45, 7) is 5.84. The number of aromatic nitrogens is 2. The van der Waals surface area contributed by atoms with E-state index in [1.54, 1.807) is 42.5 Å². The summed E-state index contributed by atoms with van der Waals surface area (Å²) in [6.07, 6.45) is 2.31. The predicted octanol–water partition coefficient (Wildman–Crippen LogP) is 1.28. The summed E-state index contributed by atoms with van der Waals surface area (Å²) in [5, 5.41) is 1.49. The molecule has 0 aliphatic carbocycles. The third kappa shape index (κ3) is 5.98. The molecule has 37 heavy (non-hydrogen) atoms. The number of aromatic amines is 1. The molecular weight excluding hydrogens is 508 g/mol. The monoisotopic (exact) mass is 535 g/mol. The van der Waals surface area contributed by atoms with Crippen LogP contribution in [0.5, 0.6) is 5.75 Å². The number of anilines is 1. The first kappa shape index (κ1) is 28.6. The van der Waals surface area contributed by atoms with E-state index in [0.717, 1.165) is 27.7 Å². The first-order valence-corrected chi connectivity index (χ1v) is 12.9. The summed E-state index contributed by atoms with van der Waals surface area (Å²) in [7, 11) is -1.97. The van der Waals surface area contributed by atoms with E-state index in [9.17, 15) is 18.0 Å².